The normalized spacial score (nSPS) is 10.3. The first-order valence-electron chi connectivity index (χ1n) is 6.35. The van der Waals surface area contributed by atoms with Crippen molar-refractivity contribution in [2.45, 2.75) is 19.8 Å². The fourth-order valence-corrected chi connectivity index (χ4v) is 1.96. The van der Waals surface area contributed by atoms with Crippen LogP contribution in [0.5, 0.6) is 5.75 Å². The molecule has 0 spiro atoms. The average molecular weight is 272 g/mol. The highest BCUT2D eigenvalue weighted by Crippen LogP contribution is 2.15. The van der Waals surface area contributed by atoms with Gasteiger partial charge in [-0.2, -0.15) is 0 Å². The van der Waals surface area contributed by atoms with Gasteiger partial charge in [0.15, 0.2) is 0 Å². The molecule has 5 heteroatoms. The summed E-state index contributed by atoms with van der Waals surface area (Å²) in [6.07, 6.45) is 2.49. The standard InChI is InChI=1S/C15H16N2O3/c1-3-13-12(15(18)19)9-16-14(17-13)8-10-5-4-6-11(7-10)20-2/h4-7,9H,3,8H2,1-2H3,(H,18,19). The molecule has 5 nitrogen and oxygen atoms in total. The molecule has 0 radical (unpaired) electrons. The van der Waals surface area contributed by atoms with E-state index in [9.17, 15) is 4.79 Å². The summed E-state index contributed by atoms with van der Waals surface area (Å²) in [6.45, 7) is 1.88. The monoisotopic (exact) mass is 272 g/mol. The zero-order valence-corrected chi connectivity index (χ0v) is 11.5. The molecule has 0 saturated carbocycles. The minimum Gasteiger partial charge on any atom is -0.497 e. The van der Waals surface area contributed by atoms with Crippen molar-refractivity contribution >= 4 is 5.97 Å². The van der Waals surface area contributed by atoms with Crippen molar-refractivity contribution in [3.63, 3.8) is 0 Å². The molecule has 1 heterocycles. The molecule has 2 aromatic rings. The Balaban J connectivity index is 2.27. The lowest BCUT2D eigenvalue weighted by atomic mass is 10.1. The summed E-state index contributed by atoms with van der Waals surface area (Å²) in [5, 5.41) is 9.05. The van der Waals surface area contributed by atoms with Gasteiger partial charge in [-0.3, -0.25) is 0 Å². The molecule has 1 aromatic carbocycles. The van der Waals surface area contributed by atoms with Crippen LogP contribution < -0.4 is 4.74 Å². The Labute approximate surface area is 117 Å². The summed E-state index contributed by atoms with van der Waals surface area (Å²) >= 11 is 0. The van der Waals surface area contributed by atoms with Crippen LogP contribution in [0.3, 0.4) is 0 Å². The van der Waals surface area contributed by atoms with Crippen LogP contribution in [0.25, 0.3) is 0 Å². The number of aryl methyl sites for hydroxylation is 1. The van der Waals surface area contributed by atoms with Gasteiger partial charge in [0, 0.05) is 12.6 Å². The first-order chi connectivity index (χ1) is 9.63. The summed E-state index contributed by atoms with van der Waals surface area (Å²) in [6, 6.07) is 7.65. The Morgan fingerprint density at radius 2 is 2.20 bits per heavy atom. The van der Waals surface area contributed by atoms with E-state index < -0.39 is 5.97 Å². The number of rotatable bonds is 5. The smallest absolute Gasteiger partial charge is 0.339 e. The average Bonchev–Trinajstić information content (AvgIpc) is 2.47. The van der Waals surface area contributed by atoms with E-state index in [4.69, 9.17) is 9.84 Å². The highest BCUT2D eigenvalue weighted by Gasteiger charge is 2.12. The first-order valence-corrected chi connectivity index (χ1v) is 6.35. The van der Waals surface area contributed by atoms with E-state index in [2.05, 4.69) is 9.97 Å². The molecule has 20 heavy (non-hydrogen) atoms. The Bertz CT molecular complexity index is 626. The number of benzene rings is 1. The van der Waals surface area contributed by atoms with Gasteiger partial charge in [0.05, 0.1) is 18.4 Å². The van der Waals surface area contributed by atoms with E-state index in [1.807, 2.05) is 31.2 Å². The molecule has 104 valence electrons. The van der Waals surface area contributed by atoms with Gasteiger partial charge in [0.1, 0.15) is 11.6 Å². The maximum absolute atomic E-state index is 11.0. The van der Waals surface area contributed by atoms with E-state index in [-0.39, 0.29) is 5.56 Å². The molecule has 0 aliphatic carbocycles. The number of methoxy groups -OCH3 is 1. The number of nitrogens with zero attached hydrogens (tertiary/aromatic N) is 2. The predicted octanol–water partition coefficient (Wildman–Crippen LogP) is 2.34. The number of hydrogen-bond donors (Lipinski definition) is 1. The van der Waals surface area contributed by atoms with Crippen molar-refractivity contribution in [2.24, 2.45) is 0 Å². The number of aromatic carboxylic acids is 1. The van der Waals surface area contributed by atoms with Crippen LogP contribution in [-0.4, -0.2) is 28.2 Å². The lowest BCUT2D eigenvalue weighted by Gasteiger charge is -2.07. The lowest BCUT2D eigenvalue weighted by molar-refractivity contribution is 0.0694. The fourth-order valence-electron chi connectivity index (χ4n) is 1.96. The van der Waals surface area contributed by atoms with Gasteiger partial charge in [0.2, 0.25) is 0 Å². The molecule has 0 amide bonds. The van der Waals surface area contributed by atoms with Gasteiger partial charge in [0.25, 0.3) is 0 Å². The largest absolute Gasteiger partial charge is 0.497 e. The second-order valence-electron chi connectivity index (χ2n) is 4.33. The van der Waals surface area contributed by atoms with Gasteiger partial charge in [-0.1, -0.05) is 19.1 Å². The Morgan fingerprint density at radius 3 is 2.85 bits per heavy atom. The van der Waals surface area contributed by atoms with E-state index >= 15 is 0 Å². The topological polar surface area (TPSA) is 72.3 Å². The summed E-state index contributed by atoms with van der Waals surface area (Å²) in [4.78, 5) is 19.5. The molecular formula is C15H16N2O3. The lowest BCUT2D eigenvalue weighted by Crippen LogP contribution is -2.08. The van der Waals surface area contributed by atoms with Crippen molar-refractivity contribution in [1.82, 2.24) is 9.97 Å². The third-order valence-electron chi connectivity index (χ3n) is 2.98. The van der Waals surface area contributed by atoms with Crippen LogP contribution >= 0.6 is 0 Å². The SMILES string of the molecule is CCc1nc(Cc2cccc(OC)c2)ncc1C(=O)O. The van der Waals surface area contributed by atoms with E-state index in [1.54, 1.807) is 7.11 Å². The van der Waals surface area contributed by atoms with Gasteiger partial charge in [-0.15, -0.1) is 0 Å². The zero-order chi connectivity index (χ0) is 14.5. The number of carboxylic acid groups (broad SMARTS) is 1. The first kappa shape index (κ1) is 14.0. The van der Waals surface area contributed by atoms with Crippen LogP contribution in [-0.2, 0) is 12.8 Å². The summed E-state index contributed by atoms with van der Waals surface area (Å²) < 4.78 is 5.17. The molecule has 0 aliphatic heterocycles. The molecule has 2 rings (SSSR count). The van der Waals surface area contributed by atoms with Crippen molar-refractivity contribution in [1.29, 1.82) is 0 Å². The summed E-state index contributed by atoms with van der Waals surface area (Å²) in [5.41, 5.74) is 1.75. The number of aromatic nitrogens is 2. The molecule has 0 saturated heterocycles. The number of hydrogen-bond acceptors (Lipinski definition) is 4. The Hall–Kier alpha value is -2.43. The van der Waals surface area contributed by atoms with Gasteiger partial charge >= 0.3 is 5.97 Å². The molecule has 0 bridgehead atoms. The molecular weight excluding hydrogens is 256 g/mol. The molecule has 0 unspecified atom stereocenters. The van der Waals surface area contributed by atoms with Gasteiger partial charge in [-0.05, 0) is 24.1 Å². The van der Waals surface area contributed by atoms with Crippen molar-refractivity contribution < 1.29 is 14.6 Å². The second-order valence-corrected chi connectivity index (χ2v) is 4.33. The minimum absolute atomic E-state index is 0.168. The van der Waals surface area contributed by atoms with E-state index in [0.29, 0.717) is 24.4 Å². The predicted molar refractivity (Wildman–Crippen MR) is 74.2 cm³/mol. The van der Waals surface area contributed by atoms with Crippen LogP contribution in [0.2, 0.25) is 0 Å². The molecule has 0 fully saturated rings. The van der Waals surface area contributed by atoms with Crippen LogP contribution in [0.1, 0.15) is 34.4 Å². The quantitative estimate of drug-likeness (QED) is 0.904. The minimum atomic E-state index is -0.991. The molecule has 1 N–H and O–H groups in total. The molecule has 0 atom stereocenters. The fraction of sp³-hybridized carbons (Fsp3) is 0.267. The van der Waals surface area contributed by atoms with Crippen LogP contribution in [0.15, 0.2) is 30.5 Å². The van der Waals surface area contributed by atoms with Crippen LogP contribution in [0.4, 0.5) is 0 Å². The third-order valence-corrected chi connectivity index (χ3v) is 2.98. The van der Waals surface area contributed by atoms with Gasteiger partial charge < -0.3 is 9.84 Å². The molecule has 0 aliphatic rings. The number of carboxylic acids is 1. The summed E-state index contributed by atoms with van der Waals surface area (Å²) in [7, 11) is 1.62. The van der Waals surface area contributed by atoms with Crippen LogP contribution in [0, 0.1) is 0 Å². The van der Waals surface area contributed by atoms with Gasteiger partial charge in [-0.25, -0.2) is 14.8 Å². The van der Waals surface area contributed by atoms with Crippen molar-refractivity contribution in [2.75, 3.05) is 7.11 Å². The molecule has 1 aromatic heterocycles. The number of ether oxygens (including phenoxy) is 1. The highest BCUT2D eigenvalue weighted by atomic mass is 16.5. The van der Waals surface area contributed by atoms with Crippen molar-refractivity contribution in [3.8, 4) is 5.75 Å². The maximum Gasteiger partial charge on any atom is 0.339 e. The highest BCUT2D eigenvalue weighted by molar-refractivity contribution is 5.88. The van der Waals surface area contributed by atoms with E-state index in [1.165, 1.54) is 6.20 Å². The Kier molecular flexibility index (Phi) is 4.30. The summed E-state index contributed by atoms with van der Waals surface area (Å²) in [5.74, 6) is 0.398. The number of carbonyl (C=O) groups is 1. The van der Waals surface area contributed by atoms with Crippen molar-refractivity contribution in [3.05, 3.63) is 53.1 Å². The maximum atomic E-state index is 11.0. The zero-order valence-electron chi connectivity index (χ0n) is 11.5. The third kappa shape index (κ3) is 3.12. The van der Waals surface area contributed by atoms with E-state index in [0.717, 1.165) is 11.3 Å². The second kappa shape index (κ2) is 6.14. The Morgan fingerprint density at radius 1 is 1.40 bits per heavy atom.